The third kappa shape index (κ3) is 2.73. The van der Waals surface area contributed by atoms with Gasteiger partial charge in [0.2, 0.25) is 0 Å². The van der Waals surface area contributed by atoms with Gasteiger partial charge in [0.05, 0.1) is 10.4 Å². The van der Waals surface area contributed by atoms with Gasteiger partial charge in [0.25, 0.3) is 10.0 Å². The van der Waals surface area contributed by atoms with E-state index < -0.39 is 10.0 Å². The SMILES string of the molecule is Cc1cccc2c(C3=CCN4CCC[C@H]4C3)cn(S(=O)(=O)c3ccccc3)c12. The zero-order chi connectivity index (χ0) is 19.3. The Labute approximate surface area is 166 Å². The standard InChI is InChI=1S/C23H24N2O2S/c1-17-7-5-11-21-22(18-12-14-24-13-6-8-19(24)15-18)16-25(23(17)21)28(26,27)20-9-3-2-4-10-20/h2-5,7,9-12,16,19H,6,8,13-15H2,1H3/t19-/m0/s1. The number of para-hydroxylation sites is 1. The van der Waals surface area contributed by atoms with E-state index in [1.54, 1.807) is 24.3 Å². The Balaban J connectivity index is 1.70. The quantitative estimate of drug-likeness (QED) is 0.662. The molecule has 1 atom stereocenters. The van der Waals surface area contributed by atoms with E-state index in [0.29, 0.717) is 10.9 Å². The van der Waals surface area contributed by atoms with E-state index >= 15 is 0 Å². The minimum atomic E-state index is -3.64. The maximum atomic E-state index is 13.4. The van der Waals surface area contributed by atoms with Crippen LogP contribution in [0.5, 0.6) is 0 Å². The number of fused-ring (bicyclic) bond motifs is 2. The second-order valence-electron chi connectivity index (χ2n) is 7.85. The Kier molecular flexibility index (Phi) is 4.18. The van der Waals surface area contributed by atoms with Crippen molar-refractivity contribution in [3.63, 3.8) is 0 Å². The Bertz CT molecular complexity index is 1180. The fourth-order valence-electron chi connectivity index (χ4n) is 4.72. The van der Waals surface area contributed by atoms with Crippen LogP contribution in [-0.2, 0) is 10.0 Å². The molecular weight excluding hydrogens is 368 g/mol. The van der Waals surface area contributed by atoms with Crippen LogP contribution in [0.15, 0.2) is 65.7 Å². The van der Waals surface area contributed by atoms with Gasteiger partial charge >= 0.3 is 0 Å². The molecule has 1 saturated heterocycles. The highest BCUT2D eigenvalue weighted by molar-refractivity contribution is 7.90. The van der Waals surface area contributed by atoms with Crippen molar-refractivity contribution < 1.29 is 8.42 Å². The molecule has 0 radical (unpaired) electrons. The van der Waals surface area contributed by atoms with Gasteiger partial charge in [0.15, 0.2) is 0 Å². The smallest absolute Gasteiger partial charge is 0.268 e. The minimum absolute atomic E-state index is 0.321. The average molecular weight is 393 g/mol. The van der Waals surface area contributed by atoms with Gasteiger partial charge in [-0.1, -0.05) is 42.5 Å². The molecule has 2 aliphatic heterocycles. The molecule has 0 amide bonds. The molecule has 2 aromatic carbocycles. The first-order valence-electron chi connectivity index (χ1n) is 9.90. The zero-order valence-corrected chi connectivity index (χ0v) is 16.8. The summed E-state index contributed by atoms with van der Waals surface area (Å²) >= 11 is 0. The summed E-state index contributed by atoms with van der Waals surface area (Å²) in [5.74, 6) is 0. The van der Waals surface area contributed by atoms with Crippen molar-refractivity contribution in [2.45, 2.75) is 37.1 Å². The lowest BCUT2D eigenvalue weighted by atomic mass is 9.93. The van der Waals surface area contributed by atoms with E-state index in [1.807, 2.05) is 31.3 Å². The average Bonchev–Trinajstić information content (AvgIpc) is 3.33. The van der Waals surface area contributed by atoms with Crippen LogP contribution in [0.2, 0.25) is 0 Å². The maximum Gasteiger partial charge on any atom is 0.268 e. The molecule has 144 valence electrons. The molecule has 3 heterocycles. The summed E-state index contributed by atoms with van der Waals surface area (Å²) in [6.07, 6.45) is 7.62. The van der Waals surface area contributed by atoms with Crippen molar-refractivity contribution >= 4 is 26.5 Å². The Morgan fingerprint density at radius 2 is 1.86 bits per heavy atom. The predicted molar refractivity (Wildman–Crippen MR) is 113 cm³/mol. The van der Waals surface area contributed by atoms with Gasteiger partial charge < -0.3 is 0 Å². The molecule has 28 heavy (non-hydrogen) atoms. The molecule has 0 bridgehead atoms. The summed E-state index contributed by atoms with van der Waals surface area (Å²) < 4.78 is 28.3. The fourth-order valence-corrected chi connectivity index (χ4v) is 6.18. The summed E-state index contributed by atoms with van der Waals surface area (Å²) in [6, 6.07) is 15.3. The minimum Gasteiger partial charge on any atom is -0.296 e. The molecule has 3 aromatic rings. The second-order valence-corrected chi connectivity index (χ2v) is 9.67. The Hall–Kier alpha value is -2.37. The van der Waals surface area contributed by atoms with Crippen LogP contribution in [0.4, 0.5) is 0 Å². The molecule has 0 saturated carbocycles. The summed E-state index contributed by atoms with van der Waals surface area (Å²) in [6.45, 7) is 4.12. The summed E-state index contributed by atoms with van der Waals surface area (Å²) in [5, 5.41) is 1.03. The fraction of sp³-hybridized carbons (Fsp3) is 0.304. The molecule has 4 nitrogen and oxygen atoms in total. The summed E-state index contributed by atoms with van der Waals surface area (Å²) in [5.41, 5.74) is 4.10. The Morgan fingerprint density at radius 3 is 2.68 bits per heavy atom. The third-order valence-electron chi connectivity index (χ3n) is 6.17. The van der Waals surface area contributed by atoms with Crippen molar-refractivity contribution in [1.82, 2.24) is 8.87 Å². The normalized spacial score (nSPS) is 20.3. The van der Waals surface area contributed by atoms with E-state index in [2.05, 4.69) is 17.0 Å². The first-order chi connectivity index (χ1) is 13.6. The highest BCUT2D eigenvalue weighted by atomic mass is 32.2. The summed E-state index contributed by atoms with van der Waals surface area (Å²) in [7, 11) is -3.64. The molecular formula is C23H24N2O2S. The molecule has 5 heteroatoms. The highest BCUT2D eigenvalue weighted by Crippen LogP contribution is 2.38. The van der Waals surface area contributed by atoms with Crippen LogP contribution in [0.25, 0.3) is 16.5 Å². The van der Waals surface area contributed by atoms with Crippen LogP contribution in [0.3, 0.4) is 0 Å². The Morgan fingerprint density at radius 1 is 1.04 bits per heavy atom. The first kappa shape index (κ1) is 17.7. The lowest BCUT2D eigenvalue weighted by molar-refractivity contribution is 0.275. The monoisotopic (exact) mass is 392 g/mol. The zero-order valence-electron chi connectivity index (χ0n) is 16.0. The summed E-state index contributed by atoms with van der Waals surface area (Å²) in [4.78, 5) is 2.86. The van der Waals surface area contributed by atoms with E-state index in [9.17, 15) is 8.42 Å². The maximum absolute atomic E-state index is 13.4. The van der Waals surface area contributed by atoms with Gasteiger partial charge in [-0.05, 0) is 56.0 Å². The lowest BCUT2D eigenvalue weighted by Gasteiger charge is -2.29. The number of hydrogen-bond donors (Lipinski definition) is 0. The van der Waals surface area contributed by atoms with Gasteiger partial charge in [0.1, 0.15) is 0 Å². The number of nitrogens with zero attached hydrogens (tertiary/aromatic N) is 2. The van der Waals surface area contributed by atoms with Crippen LogP contribution >= 0.6 is 0 Å². The van der Waals surface area contributed by atoms with Crippen LogP contribution < -0.4 is 0 Å². The van der Waals surface area contributed by atoms with Crippen LogP contribution in [0.1, 0.15) is 30.4 Å². The number of aromatic nitrogens is 1. The number of benzene rings is 2. The topological polar surface area (TPSA) is 42.3 Å². The molecule has 5 rings (SSSR count). The molecule has 1 aromatic heterocycles. The number of hydrogen-bond acceptors (Lipinski definition) is 3. The second kappa shape index (κ2) is 6.61. The highest BCUT2D eigenvalue weighted by Gasteiger charge is 2.30. The van der Waals surface area contributed by atoms with Gasteiger partial charge in [-0.25, -0.2) is 12.4 Å². The lowest BCUT2D eigenvalue weighted by Crippen LogP contribution is -2.32. The molecule has 0 aliphatic carbocycles. The van der Waals surface area contributed by atoms with Crippen molar-refractivity contribution in [3.05, 3.63) is 71.9 Å². The van der Waals surface area contributed by atoms with Crippen molar-refractivity contribution in [2.24, 2.45) is 0 Å². The van der Waals surface area contributed by atoms with E-state index in [0.717, 1.165) is 35.0 Å². The first-order valence-corrected chi connectivity index (χ1v) is 11.3. The number of rotatable bonds is 3. The van der Waals surface area contributed by atoms with Gasteiger partial charge in [-0.2, -0.15) is 0 Å². The van der Waals surface area contributed by atoms with E-state index in [1.165, 1.54) is 28.9 Å². The van der Waals surface area contributed by atoms with E-state index in [-0.39, 0.29) is 0 Å². The molecule has 0 spiro atoms. The molecule has 0 unspecified atom stereocenters. The predicted octanol–water partition coefficient (Wildman–Crippen LogP) is 4.44. The third-order valence-corrected chi connectivity index (χ3v) is 7.84. The van der Waals surface area contributed by atoms with E-state index in [4.69, 9.17) is 0 Å². The van der Waals surface area contributed by atoms with Gasteiger partial charge in [-0.3, -0.25) is 4.90 Å². The van der Waals surface area contributed by atoms with Crippen molar-refractivity contribution in [2.75, 3.05) is 13.1 Å². The van der Waals surface area contributed by atoms with Gasteiger partial charge in [-0.15, -0.1) is 0 Å². The number of aryl methyl sites for hydroxylation is 1. The van der Waals surface area contributed by atoms with Crippen molar-refractivity contribution in [3.8, 4) is 0 Å². The molecule has 2 aliphatic rings. The largest absolute Gasteiger partial charge is 0.296 e. The van der Waals surface area contributed by atoms with Gasteiger partial charge in [0, 0.05) is 29.7 Å². The van der Waals surface area contributed by atoms with Crippen LogP contribution in [0, 0.1) is 6.92 Å². The van der Waals surface area contributed by atoms with Crippen molar-refractivity contribution in [1.29, 1.82) is 0 Å². The molecule has 1 fully saturated rings. The molecule has 0 N–H and O–H groups in total. The van der Waals surface area contributed by atoms with Crippen LogP contribution in [-0.4, -0.2) is 36.4 Å².